The summed E-state index contributed by atoms with van der Waals surface area (Å²) < 4.78 is 5.87. The van der Waals surface area contributed by atoms with Crippen LogP contribution < -0.4 is 5.32 Å². The molecule has 0 bridgehead atoms. The lowest BCUT2D eigenvalue weighted by atomic mass is 9.98. The molecule has 96 valence electrons. The summed E-state index contributed by atoms with van der Waals surface area (Å²) >= 11 is 1.60. The van der Waals surface area contributed by atoms with Crippen molar-refractivity contribution in [2.75, 3.05) is 11.9 Å². The fourth-order valence-corrected chi connectivity index (χ4v) is 2.72. The van der Waals surface area contributed by atoms with Gasteiger partial charge in [0.05, 0.1) is 6.10 Å². The van der Waals surface area contributed by atoms with Crippen LogP contribution >= 0.6 is 11.3 Å². The molecule has 0 amide bonds. The molecular formula is C12H21N3OS. The van der Waals surface area contributed by atoms with Gasteiger partial charge in [-0.15, -0.1) is 10.2 Å². The number of hydrogen-bond donors (Lipinski definition) is 1. The Balaban J connectivity index is 1.72. The van der Waals surface area contributed by atoms with Crippen molar-refractivity contribution in [2.24, 2.45) is 0 Å². The Hall–Kier alpha value is -0.680. The van der Waals surface area contributed by atoms with Crippen molar-refractivity contribution in [3.63, 3.8) is 0 Å². The van der Waals surface area contributed by atoms with Gasteiger partial charge in [0.15, 0.2) is 0 Å². The van der Waals surface area contributed by atoms with Crippen LogP contribution in [0.15, 0.2) is 0 Å². The number of aromatic nitrogens is 2. The molecule has 4 nitrogen and oxygen atoms in total. The van der Waals surface area contributed by atoms with Crippen molar-refractivity contribution < 1.29 is 4.74 Å². The third-order valence-electron chi connectivity index (χ3n) is 2.99. The number of hydrogen-bond acceptors (Lipinski definition) is 5. The first kappa shape index (κ1) is 12.8. The van der Waals surface area contributed by atoms with Crippen LogP contribution in [-0.4, -0.2) is 22.8 Å². The van der Waals surface area contributed by atoms with Gasteiger partial charge in [0.25, 0.3) is 0 Å². The second-order valence-electron chi connectivity index (χ2n) is 4.50. The molecule has 0 spiro atoms. The summed E-state index contributed by atoms with van der Waals surface area (Å²) in [5.74, 6) is 0. The van der Waals surface area contributed by atoms with Gasteiger partial charge in [0.2, 0.25) is 5.13 Å². The predicted molar refractivity (Wildman–Crippen MR) is 70.4 cm³/mol. The van der Waals surface area contributed by atoms with E-state index in [4.69, 9.17) is 4.74 Å². The highest BCUT2D eigenvalue weighted by Crippen LogP contribution is 2.22. The van der Waals surface area contributed by atoms with Gasteiger partial charge in [0.1, 0.15) is 11.6 Å². The number of nitrogens with zero attached hydrogens (tertiary/aromatic N) is 2. The second-order valence-corrected chi connectivity index (χ2v) is 5.56. The van der Waals surface area contributed by atoms with Crippen molar-refractivity contribution in [2.45, 2.75) is 58.2 Å². The predicted octanol–water partition coefficient (Wildman–Crippen LogP) is 3.21. The minimum Gasteiger partial charge on any atom is -0.371 e. The monoisotopic (exact) mass is 255 g/mol. The van der Waals surface area contributed by atoms with E-state index in [0.29, 0.717) is 12.7 Å². The van der Waals surface area contributed by atoms with Gasteiger partial charge in [0, 0.05) is 6.54 Å². The summed E-state index contributed by atoms with van der Waals surface area (Å²) in [6, 6.07) is 0. The number of rotatable bonds is 6. The Bertz CT molecular complexity index is 323. The normalized spacial score (nSPS) is 17.2. The SMILES string of the molecule is CCCNc1nnc(COC2CCCCC2)s1. The average Bonchev–Trinajstić information content (AvgIpc) is 2.83. The average molecular weight is 255 g/mol. The van der Waals surface area contributed by atoms with Crippen LogP contribution in [0.3, 0.4) is 0 Å². The quantitative estimate of drug-likeness (QED) is 0.848. The maximum absolute atomic E-state index is 5.87. The summed E-state index contributed by atoms with van der Waals surface area (Å²) in [6.07, 6.45) is 7.95. The molecule has 0 atom stereocenters. The van der Waals surface area contributed by atoms with Gasteiger partial charge in [-0.1, -0.05) is 37.5 Å². The van der Waals surface area contributed by atoms with Crippen LogP contribution in [0, 0.1) is 0 Å². The molecule has 1 aromatic heterocycles. The van der Waals surface area contributed by atoms with E-state index in [1.54, 1.807) is 11.3 Å². The van der Waals surface area contributed by atoms with Gasteiger partial charge < -0.3 is 10.1 Å². The lowest BCUT2D eigenvalue weighted by Gasteiger charge is -2.21. The summed E-state index contributed by atoms with van der Waals surface area (Å²) in [5.41, 5.74) is 0. The summed E-state index contributed by atoms with van der Waals surface area (Å²) in [4.78, 5) is 0. The van der Waals surface area contributed by atoms with E-state index in [0.717, 1.165) is 23.1 Å². The molecular weight excluding hydrogens is 234 g/mol. The Labute approximate surface area is 107 Å². The van der Waals surface area contributed by atoms with Crippen molar-refractivity contribution in [1.82, 2.24) is 10.2 Å². The molecule has 0 radical (unpaired) electrons. The molecule has 0 saturated heterocycles. The Kier molecular flexibility index (Phi) is 5.19. The molecule has 1 N–H and O–H groups in total. The smallest absolute Gasteiger partial charge is 0.205 e. The first-order valence-electron chi connectivity index (χ1n) is 6.56. The van der Waals surface area contributed by atoms with E-state index in [-0.39, 0.29) is 0 Å². The highest BCUT2D eigenvalue weighted by Gasteiger charge is 2.14. The zero-order valence-electron chi connectivity index (χ0n) is 10.4. The third-order valence-corrected chi connectivity index (χ3v) is 3.84. The Morgan fingerprint density at radius 2 is 2.12 bits per heavy atom. The lowest BCUT2D eigenvalue weighted by Crippen LogP contribution is -2.16. The van der Waals surface area contributed by atoms with Crippen LogP contribution in [0.25, 0.3) is 0 Å². The molecule has 0 unspecified atom stereocenters. The van der Waals surface area contributed by atoms with E-state index >= 15 is 0 Å². The summed E-state index contributed by atoms with van der Waals surface area (Å²) in [5, 5.41) is 13.4. The number of anilines is 1. The van der Waals surface area contributed by atoms with Gasteiger partial charge in [-0.3, -0.25) is 0 Å². The van der Waals surface area contributed by atoms with Crippen LogP contribution in [0.1, 0.15) is 50.5 Å². The molecule has 1 aromatic rings. The van der Waals surface area contributed by atoms with Crippen LogP contribution in [0.5, 0.6) is 0 Å². The highest BCUT2D eigenvalue weighted by molar-refractivity contribution is 7.15. The maximum Gasteiger partial charge on any atom is 0.205 e. The zero-order valence-corrected chi connectivity index (χ0v) is 11.3. The van der Waals surface area contributed by atoms with Crippen LogP contribution in [0.4, 0.5) is 5.13 Å². The topological polar surface area (TPSA) is 47.0 Å². The standard InChI is InChI=1S/C12H21N3OS/c1-2-8-13-12-15-14-11(17-12)9-16-10-6-4-3-5-7-10/h10H,2-9H2,1H3,(H,13,15). The van der Waals surface area contributed by atoms with Crippen LogP contribution in [-0.2, 0) is 11.3 Å². The number of nitrogens with one attached hydrogen (secondary N) is 1. The third kappa shape index (κ3) is 4.24. The maximum atomic E-state index is 5.87. The molecule has 2 rings (SSSR count). The van der Waals surface area contributed by atoms with Gasteiger partial charge in [-0.25, -0.2) is 0 Å². The summed E-state index contributed by atoms with van der Waals surface area (Å²) in [6.45, 7) is 3.72. The lowest BCUT2D eigenvalue weighted by molar-refractivity contribution is 0.0165. The molecule has 5 heteroatoms. The van der Waals surface area contributed by atoms with Crippen molar-refractivity contribution in [3.8, 4) is 0 Å². The van der Waals surface area contributed by atoms with E-state index in [1.807, 2.05) is 0 Å². The fraction of sp³-hybridized carbons (Fsp3) is 0.833. The van der Waals surface area contributed by atoms with Gasteiger partial charge in [-0.05, 0) is 19.3 Å². The minimum atomic E-state index is 0.444. The molecule has 0 aliphatic heterocycles. The zero-order chi connectivity index (χ0) is 11.9. The Morgan fingerprint density at radius 3 is 2.88 bits per heavy atom. The van der Waals surface area contributed by atoms with E-state index < -0.39 is 0 Å². The minimum absolute atomic E-state index is 0.444. The van der Waals surface area contributed by atoms with Crippen molar-refractivity contribution >= 4 is 16.5 Å². The second kappa shape index (κ2) is 6.91. The molecule has 1 aliphatic rings. The van der Waals surface area contributed by atoms with Crippen molar-refractivity contribution in [1.29, 1.82) is 0 Å². The molecule has 0 aromatic carbocycles. The van der Waals surface area contributed by atoms with Gasteiger partial charge >= 0.3 is 0 Å². The fourth-order valence-electron chi connectivity index (χ4n) is 2.04. The molecule has 1 aliphatic carbocycles. The van der Waals surface area contributed by atoms with E-state index in [2.05, 4.69) is 22.4 Å². The van der Waals surface area contributed by atoms with E-state index in [1.165, 1.54) is 32.1 Å². The largest absolute Gasteiger partial charge is 0.371 e. The van der Waals surface area contributed by atoms with Gasteiger partial charge in [-0.2, -0.15) is 0 Å². The first-order valence-corrected chi connectivity index (χ1v) is 7.38. The molecule has 1 fully saturated rings. The molecule has 1 saturated carbocycles. The highest BCUT2D eigenvalue weighted by atomic mass is 32.1. The number of ether oxygens (including phenoxy) is 1. The van der Waals surface area contributed by atoms with E-state index in [9.17, 15) is 0 Å². The first-order chi connectivity index (χ1) is 8.38. The summed E-state index contributed by atoms with van der Waals surface area (Å²) in [7, 11) is 0. The molecule has 1 heterocycles. The van der Waals surface area contributed by atoms with Crippen molar-refractivity contribution in [3.05, 3.63) is 5.01 Å². The Morgan fingerprint density at radius 1 is 1.29 bits per heavy atom. The molecule has 17 heavy (non-hydrogen) atoms. The van der Waals surface area contributed by atoms with Crippen LogP contribution in [0.2, 0.25) is 0 Å².